The van der Waals surface area contributed by atoms with Crippen LogP contribution < -0.4 is 10.6 Å². The lowest BCUT2D eigenvalue weighted by Gasteiger charge is -2.33. The van der Waals surface area contributed by atoms with Crippen molar-refractivity contribution >= 4 is 35.9 Å². The summed E-state index contributed by atoms with van der Waals surface area (Å²) in [6.07, 6.45) is 7.99. The minimum Gasteiger partial charge on any atom is -0.460 e. The van der Waals surface area contributed by atoms with Crippen molar-refractivity contribution in [2.75, 3.05) is 46.4 Å². The fraction of sp³-hybridized carbons (Fsp3) is 0.913. The Balaban J connectivity index is 0.00000900. The van der Waals surface area contributed by atoms with Crippen molar-refractivity contribution in [3.05, 3.63) is 0 Å². The minimum absolute atomic E-state index is 0. The molecule has 0 aromatic heterocycles. The molecular weight excluding hydrogens is 507 g/mol. The van der Waals surface area contributed by atoms with E-state index in [4.69, 9.17) is 14.5 Å². The number of rotatable bonds is 13. The number of likely N-dealkylation sites (tertiary alicyclic amines) is 1. The predicted molar refractivity (Wildman–Crippen MR) is 139 cm³/mol. The second-order valence-electron chi connectivity index (χ2n) is 9.12. The molecule has 1 saturated heterocycles. The predicted octanol–water partition coefficient (Wildman–Crippen LogP) is 3.95. The van der Waals surface area contributed by atoms with E-state index in [9.17, 15) is 4.79 Å². The van der Waals surface area contributed by atoms with E-state index < -0.39 is 0 Å². The maximum atomic E-state index is 11.7. The third-order valence-electron chi connectivity index (χ3n) is 5.07. The Morgan fingerprint density at radius 3 is 2.39 bits per heavy atom. The van der Waals surface area contributed by atoms with Gasteiger partial charge in [0.25, 0.3) is 0 Å². The van der Waals surface area contributed by atoms with Crippen molar-refractivity contribution in [2.45, 2.75) is 90.7 Å². The molecule has 0 unspecified atom stereocenters. The highest BCUT2D eigenvalue weighted by molar-refractivity contribution is 14.0. The lowest BCUT2D eigenvalue weighted by Crippen LogP contribution is -2.48. The number of ether oxygens (including phenoxy) is 2. The third kappa shape index (κ3) is 16.7. The molecule has 1 fully saturated rings. The lowest BCUT2D eigenvalue weighted by atomic mass is 10.1. The van der Waals surface area contributed by atoms with Crippen LogP contribution in [0.5, 0.6) is 0 Å². The number of hydrogen-bond donors (Lipinski definition) is 2. The minimum atomic E-state index is -0.387. The molecule has 0 amide bonds. The smallest absolute Gasteiger partial charge is 0.306 e. The van der Waals surface area contributed by atoms with Gasteiger partial charge in [-0.15, -0.1) is 24.0 Å². The molecule has 0 bridgehead atoms. The summed E-state index contributed by atoms with van der Waals surface area (Å²) in [6, 6.07) is 0.496. The molecule has 31 heavy (non-hydrogen) atoms. The van der Waals surface area contributed by atoms with Gasteiger partial charge in [-0.1, -0.05) is 12.8 Å². The molecule has 2 N–H and O–H groups in total. The molecule has 1 heterocycles. The maximum absolute atomic E-state index is 11.7. The Morgan fingerprint density at radius 1 is 1.10 bits per heavy atom. The number of nitrogens with zero attached hydrogens (tertiary/aromatic N) is 2. The Labute approximate surface area is 207 Å². The van der Waals surface area contributed by atoms with Gasteiger partial charge in [-0.2, -0.15) is 0 Å². The van der Waals surface area contributed by atoms with E-state index in [1.54, 1.807) is 7.11 Å². The van der Waals surface area contributed by atoms with Crippen molar-refractivity contribution in [1.29, 1.82) is 0 Å². The summed E-state index contributed by atoms with van der Waals surface area (Å²) in [5, 5.41) is 6.98. The zero-order valence-electron chi connectivity index (χ0n) is 20.5. The van der Waals surface area contributed by atoms with Gasteiger partial charge < -0.3 is 25.0 Å². The molecule has 0 saturated carbocycles. The van der Waals surface area contributed by atoms with Crippen LogP contribution in [0.1, 0.15) is 79.1 Å². The third-order valence-corrected chi connectivity index (χ3v) is 5.07. The van der Waals surface area contributed by atoms with Crippen LogP contribution in [0.4, 0.5) is 0 Å². The summed E-state index contributed by atoms with van der Waals surface area (Å²) >= 11 is 0. The highest BCUT2D eigenvalue weighted by Gasteiger charge is 2.19. The number of halogens is 1. The molecule has 1 rings (SSSR count). The van der Waals surface area contributed by atoms with Gasteiger partial charge in [0.05, 0.1) is 0 Å². The summed E-state index contributed by atoms with van der Waals surface area (Å²) in [7, 11) is 1.77. The second kappa shape index (κ2) is 17.9. The van der Waals surface area contributed by atoms with Crippen LogP contribution >= 0.6 is 24.0 Å². The Morgan fingerprint density at radius 2 is 1.77 bits per heavy atom. The van der Waals surface area contributed by atoms with Crippen LogP contribution in [0.25, 0.3) is 0 Å². The SMILES string of the molecule is CCNC(=NCCCCCCC(=O)OC(C)(C)C)NC1CCN(CCCOC)CC1.I. The van der Waals surface area contributed by atoms with Crippen LogP contribution in [0.2, 0.25) is 0 Å². The zero-order valence-corrected chi connectivity index (χ0v) is 22.8. The summed E-state index contributed by atoms with van der Waals surface area (Å²) < 4.78 is 10.5. The maximum Gasteiger partial charge on any atom is 0.306 e. The Hall–Kier alpha value is -0.610. The quantitative estimate of drug-likeness (QED) is 0.118. The highest BCUT2D eigenvalue weighted by Crippen LogP contribution is 2.12. The fourth-order valence-corrected chi connectivity index (χ4v) is 3.56. The van der Waals surface area contributed by atoms with Gasteiger partial charge in [-0.3, -0.25) is 9.79 Å². The number of guanidine groups is 1. The van der Waals surface area contributed by atoms with Gasteiger partial charge in [-0.05, 0) is 59.8 Å². The van der Waals surface area contributed by atoms with E-state index in [1.807, 2.05) is 20.8 Å². The monoisotopic (exact) mass is 554 g/mol. The number of carbonyl (C=O) groups is 1. The van der Waals surface area contributed by atoms with Crippen LogP contribution in [0, 0.1) is 0 Å². The van der Waals surface area contributed by atoms with Gasteiger partial charge >= 0.3 is 5.97 Å². The Kier molecular flexibility index (Phi) is 17.5. The number of nitrogens with one attached hydrogen (secondary N) is 2. The van der Waals surface area contributed by atoms with Crippen LogP contribution in [-0.2, 0) is 14.3 Å². The normalized spacial score (nSPS) is 16.0. The molecule has 7 nitrogen and oxygen atoms in total. The molecule has 0 atom stereocenters. The first-order valence-electron chi connectivity index (χ1n) is 11.8. The first-order chi connectivity index (χ1) is 14.3. The van der Waals surface area contributed by atoms with Crippen LogP contribution in [-0.4, -0.2) is 74.9 Å². The zero-order chi connectivity index (χ0) is 22.2. The summed E-state index contributed by atoms with van der Waals surface area (Å²) in [5.74, 6) is 0.841. The standard InChI is InChI=1S/C23H46N4O3.HI/c1-6-24-22(26-20-13-17-27(18-14-20)16-11-19-29-5)25-15-10-8-7-9-12-21(28)30-23(2,3)4;/h20H,6-19H2,1-5H3,(H2,24,25,26);1H. The van der Waals surface area contributed by atoms with Crippen molar-refractivity contribution in [2.24, 2.45) is 4.99 Å². The van der Waals surface area contributed by atoms with Crippen molar-refractivity contribution in [3.8, 4) is 0 Å². The van der Waals surface area contributed by atoms with E-state index >= 15 is 0 Å². The molecule has 0 radical (unpaired) electrons. The average molecular weight is 555 g/mol. The average Bonchev–Trinajstić information content (AvgIpc) is 2.67. The number of aliphatic imine (C=N–C) groups is 1. The first-order valence-corrected chi connectivity index (χ1v) is 11.8. The number of unbranched alkanes of at least 4 members (excludes halogenated alkanes) is 3. The molecule has 0 aromatic rings. The number of piperidine rings is 1. The first kappa shape index (κ1) is 30.4. The van der Waals surface area contributed by atoms with Crippen molar-refractivity contribution in [3.63, 3.8) is 0 Å². The van der Waals surface area contributed by atoms with Crippen LogP contribution in [0.3, 0.4) is 0 Å². The molecule has 1 aliphatic rings. The van der Waals surface area contributed by atoms with E-state index in [-0.39, 0.29) is 35.5 Å². The number of hydrogen-bond acceptors (Lipinski definition) is 5. The molecule has 1 aliphatic heterocycles. The summed E-state index contributed by atoms with van der Waals surface area (Å²) in [6.45, 7) is 13.8. The van der Waals surface area contributed by atoms with Crippen molar-refractivity contribution < 1.29 is 14.3 Å². The highest BCUT2D eigenvalue weighted by atomic mass is 127. The topological polar surface area (TPSA) is 75.2 Å². The van der Waals surface area contributed by atoms with Gasteiger partial charge in [0.15, 0.2) is 5.96 Å². The largest absolute Gasteiger partial charge is 0.460 e. The fourth-order valence-electron chi connectivity index (χ4n) is 3.56. The van der Waals surface area contributed by atoms with E-state index in [2.05, 4.69) is 22.5 Å². The van der Waals surface area contributed by atoms with Gasteiger partial charge in [0.1, 0.15) is 5.60 Å². The number of carbonyl (C=O) groups excluding carboxylic acids is 1. The second-order valence-corrected chi connectivity index (χ2v) is 9.12. The Bertz CT molecular complexity index is 490. The van der Waals surface area contributed by atoms with Gasteiger partial charge in [0.2, 0.25) is 0 Å². The van der Waals surface area contributed by atoms with E-state index in [1.165, 1.54) is 0 Å². The summed E-state index contributed by atoms with van der Waals surface area (Å²) in [4.78, 5) is 19.0. The van der Waals surface area contributed by atoms with Crippen LogP contribution in [0.15, 0.2) is 4.99 Å². The molecule has 8 heteroatoms. The van der Waals surface area contributed by atoms with Gasteiger partial charge in [0, 0.05) is 58.9 Å². The molecular formula is C23H47IN4O3. The van der Waals surface area contributed by atoms with E-state index in [0.29, 0.717) is 12.5 Å². The van der Waals surface area contributed by atoms with Crippen molar-refractivity contribution in [1.82, 2.24) is 15.5 Å². The molecule has 184 valence electrons. The lowest BCUT2D eigenvalue weighted by molar-refractivity contribution is -0.154. The molecule has 0 spiro atoms. The van der Waals surface area contributed by atoms with E-state index in [0.717, 1.165) is 90.2 Å². The number of methoxy groups -OCH3 is 1. The van der Waals surface area contributed by atoms with Gasteiger partial charge in [-0.25, -0.2) is 0 Å². The summed E-state index contributed by atoms with van der Waals surface area (Å²) in [5.41, 5.74) is -0.387. The molecule has 0 aliphatic carbocycles. The number of esters is 1. The molecule has 0 aromatic carbocycles.